The number of nitrogens with two attached hydrogens (primary N) is 1. The van der Waals surface area contributed by atoms with Crippen LogP contribution in [0.15, 0.2) is 29.4 Å². The highest BCUT2D eigenvalue weighted by Crippen LogP contribution is 2.14. The van der Waals surface area contributed by atoms with Gasteiger partial charge in [-0.25, -0.2) is 4.79 Å². The number of carbonyl (C=O) groups is 1. The van der Waals surface area contributed by atoms with Crippen LogP contribution in [0.1, 0.15) is 18.4 Å². The number of nitrogens with zero attached hydrogens (tertiary/aromatic N) is 1. The van der Waals surface area contributed by atoms with Crippen LogP contribution in [0.5, 0.6) is 0 Å². The van der Waals surface area contributed by atoms with Gasteiger partial charge < -0.3 is 15.3 Å². The molecule has 0 aliphatic carbocycles. The summed E-state index contributed by atoms with van der Waals surface area (Å²) < 4.78 is 5.17. The number of amidine groups is 1. The Morgan fingerprint density at radius 1 is 1.44 bits per heavy atom. The third-order valence-electron chi connectivity index (χ3n) is 2.57. The molecule has 1 aromatic rings. The summed E-state index contributed by atoms with van der Waals surface area (Å²) in [6.45, 7) is 0.580. The molecule has 96 valence electrons. The van der Waals surface area contributed by atoms with Crippen LogP contribution in [-0.2, 0) is 14.4 Å². The molecule has 1 aromatic carbocycles. The summed E-state index contributed by atoms with van der Waals surface area (Å²) in [5.41, 5.74) is 6.32. The molecule has 1 aliphatic heterocycles. The molecule has 2 rings (SSSR count). The van der Waals surface area contributed by atoms with E-state index in [0.717, 1.165) is 6.42 Å². The third kappa shape index (κ3) is 3.21. The maximum atomic E-state index is 11.5. The van der Waals surface area contributed by atoms with Gasteiger partial charge in [-0.15, -0.1) is 0 Å². The number of hydrogen-bond acceptors (Lipinski definition) is 4. The van der Waals surface area contributed by atoms with E-state index in [-0.39, 0.29) is 5.84 Å². The van der Waals surface area contributed by atoms with Crippen molar-refractivity contribution in [3.8, 4) is 0 Å². The fourth-order valence-corrected chi connectivity index (χ4v) is 1.72. The third-order valence-corrected chi connectivity index (χ3v) is 2.82. The van der Waals surface area contributed by atoms with Crippen molar-refractivity contribution in [1.29, 1.82) is 0 Å². The molecule has 0 amide bonds. The summed E-state index contributed by atoms with van der Waals surface area (Å²) in [4.78, 5) is 16.2. The van der Waals surface area contributed by atoms with Crippen molar-refractivity contribution < 1.29 is 14.4 Å². The van der Waals surface area contributed by atoms with E-state index in [1.165, 1.54) is 0 Å². The number of ether oxygens (including phenoxy) is 1. The molecular weight excluding hydrogens is 256 g/mol. The smallest absolute Gasteiger partial charge is 0.363 e. The molecule has 18 heavy (non-hydrogen) atoms. The normalized spacial score (nSPS) is 19.8. The maximum absolute atomic E-state index is 11.5. The Bertz CT molecular complexity index is 453. The van der Waals surface area contributed by atoms with E-state index in [0.29, 0.717) is 23.6 Å². The zero-order valence-electron chi connectivity index (χ0n) is 9.64. The van der Waals surface area contributed by atoms with Gasteiger partial charge in [0.1, 0.15) is 0 Å². The van der Waals surface area contributed by atoms with Gasteiger partial charge in [0.2, 0.25) is 0 Å². The van der Waals surface area contributed by atoms with Gasteiger partial charge in [0.25, 0.3) is 0 Å². The van der Waals surface area contributed by atoms with Crippen molar-refractivity contribution >= 4 is 23.4 Å². The lowest BCUT2D eigenvalue weighted by Crippen LogP contribution is -2.22. The fourth-order valence-electron chi connectivity index (χ4n) is 1.59. The Balaban J connectivity index is 1.95. The average molecular weight is 269 g/mol. The Morgan fingerprint density at radius 3 is 2.78 bits per heavy atom. The summed E-state index contributed by atoms with van der Waals surface area (Å²) in [5.74, 6) is -0.387. The number of hydrogen-bond donors (Lipinski definition) is 1. The Labute approximate surface area is 109 Å². The molecule has 1 atom stereocenters. The number of carbonyl (C=O) groups excluding carboxylic acids is 1. The number of halogens is 1. The molecule has 1 fully saturated rings. The standard InChI is InChI=1S/C12H13ClN2O3/c13-9-5-3-8(4-6-9)11(14)15-18-12(16)10-2-1-7-17-10/h3-6,10H,1-2,7H2,(H2,14,15)/t10-/m0/s1. The second-order valence-corrected chi connectivity index (χ2v) is 4.33. The highest BCUT2D eigenvalue weighted by molar-refractivity contribution is 6.30. The largest absolute Gasteiger partial charge is 0.380 e. The predicted octanol–water partition coefficient (Wildman–Crippen LogP) is 1.68. The first-order valence-electron chi connectivity index (χ1n) is 5.58. The topological polar surface area (TPSA) is 73.9 Å². The van der Waals surface area contributed by atoms with Crippen LogP contribution >= 0.6 is 11.6 Å². The molecule has 1 aliphatic rings. The molecule has 0 spiro atoms. The van der Waals surface area contributed by atoms with Crippen molar-refractivity contribution in [2.24, 2.45) is 10.9 Å². The van der Waals surface area contributed by atoms with Gasteiger partial charge in [0.15, 0.2) is 11.9 Å². The summed E-state index contributed by atoms with van der Waals surface area (Å²) in [7, 11) is 0. The Hall–Kier alpha value is -1.59. The van der Waals surface area contributed by atoms with Crippen molar-refractivity contribution in [3.05, 3.63) is 34.9 Å². The van der Waals surface area contributed by atoms with Crippen molar-refractivity contribution in [1.82, 2.24) is 0 Å². The van der Waals surface area contributed by atoms with Gasteiger partial charge in [-0.2, -0.15) is 0 Å². The highest BCUT2D eigenvalue weighted by atomic mass is 35.5. The Kier molecular flexibility index (Phi) is 4.17. The summed E-state index contributed by atoms with van der Waals surface area (Å²) in [5, 5.41) is 4.19. The molecule has 5 nitrogen and oxygen atoms in total. The minimum Gasteiger partial charge on any atom is -0.380 e. The number of rotatable bonds is 3. The van der Waals surface area contributed by atoms with Crippen LogP contribution < -0.4 is 5.73 Å². The van der Waals surface area contributed by atoms with Crippen molar-refractivity contribution in [3.63, 3.8) is 0 Å². The highest BCUT2D eigenvalue weighted by Gasteiger charge is 2.25. The van der Waals surface area contributed by atoms with Gasteiger partial charge >= 0.3 is 5.97 Å². The van der Waals surface area contributed by atoms with E-state index >= 15 is 0 Å². The van der Waals surface area contributed by atoms with Crippen LogP contribution in [0.4, 0.5) is 0 Å². The number of benzene rings is 1. The molecule has 1 saturated heterocycles. The van der Waals surface area contributed by atoms with E-state index in [1.54, 1.807) is 24.3 Å². The lowest BCUT2D eigenvalue weighted by atomic mass is 10.2. The summed E-state index contributed by atoms with van der Waals surface area (Å²) >= 11 is 5.75. The first-order valence-corrected chi connectivity index (χ1v) is 5.96. The fraction of sp³-hybridized carbons (Fsp3) is 0.333. The predicted molar refractivity (Wildman–Crippen MR) is 67.2 cm³/mol. The van der Waals surface area contributed by atoms with Crippen LogP contribution in [0, 0.1) is 0 Å². The SMILES string of the molecule is N/C(=N/OC(=O)[C@@H]1CCCO1)c1ccc(Cl)cc1. The van der Waals surface area contributed by atoms with E-state index in [4.69, 9.17) is 26.9 Å². The first kappa shape index (κ1) is 12.9. The second kappa shape index (κ2) is 5.84. The molecule has 0 aromatic heterocycles. The molecule has 0 unspecified atom stereocenters. The van der Waals surface area contributed by atoms with Crippen molar-refractivity contribution in [2.75, 3.05) is 6.61 Å². The molecule has 0 radical (unpaired) electrons. The molecule has 6 heteroatoms. The zero-order chi connectivity index (χ0) is 13.0. The van der Waals surface area contributed by atoms with E-state index in [9.17, 15) is 4.79 Å². The van der Waals surface area contributed by atoms with Crippen molar-refractivity contribution in [2.45, 2.75) is 18.9 Å². The molecule has 2 N–H and O–H groups in total. The molecular formula is C12H13ClN2O3. The minimum absolute atomic E-state index is 0.123. The minimum atomic E-state index is -0.522. The van der Waals surface area contributed by atoms with E-state index in [2.05, 4.69) is 5.16 Å². The summed E-state index contributed by atoms with van der Waals surface area (Å²) in [6, 6.07) is 6.75. The van der Waals surface area contributed by atoms with Crippen LogP contribution in [0.3, 0.4) is 0 Å². The van der Waals surface area contributed by atoms with Crippen LogP contribution in [0.25, 0.3) is 0 Å². The lowest BCUT2D eigenvalue weighted by molar-refractivity contribution is -0.154. The maximum Gasteiger partial charge on any atom is 0.363 e. The summed E-state index contributed by atoms with van der Waals surface area (Å²) in [6.07, 6.45) is 0.998. The van der Waals surface area contributed by atoms with Gasteiger partial charge in [-0.3, -0.25) is 0 Å². The van der Waals surface area contributed by atoms with E-state index in [1.807, 2.05) is 0 Å². The van der Waals surface area contributed by atoms with Crippen LogP contribution in [-0.4, -0.2) is 24.5 Å². The average Bonchev–Trinajstić information content (AvgIpc) is 2.90. The quantitative estimate of drug-likeness (QED) is 0.392. The van der Waals surface area contributed by atoms with E-state index < -0.39 is 12.1 Å². The first-order chi connectivity index (χ1) is 8.66. The molecule has 0 bridgehead atoms. The lowest BCUT2D eigenvalue weighted by Gasteiger charge is -2.05. The molecule has 1 heterocycles. The zero-order valence-corrected chi connectivity index (χ0v) is 10.4. The Morgan fingerprint density at radius 2 is 2.17 bits per heavy atom. The van der Waals surface area contributed by atoms with Gasteiger partial charge in [0.05, 0.1) is 0 Å². The molecule has 0 saturated carbocycles. The van der Waals surface area contributed by atoms with Gasteiger partial charge in [-0.1, -0.05) is 16.8 Å². The van der Waals surface area contributed by atoms with Gasteiger partial charge in [0, 0.05) is 17.2 Å². The van der Waals surface area contributed by atoms with Gasteiger partial charge in [-0.05, 0) is 37.1 Å². The second-order valence-electron chi connectivity index (χ2n) is 3.90. The monoisotopic (exact) mass is 268 g/mol. The van der Waals surface area contributed by atoms with Crippen LogP contribution in [0.2, 0.25) is 5.02 Å². The number of oxime groups is 1.